The maximum atomic E-state index is 14.4. The molecule has 0 saturated carbocycles. The van der Waals surface area contributed by atoms with E-state index in [9.17, 15) is 22.4 Å². The second-order valence-electron chi connectivity index (χ2n) is 6.23. The van der Waals surface area contributed by atoms with E-state index in [0.29, 0.717) is 0 Å². The summed E-state index contributed by atoms with van der Waals surface area (Å²) in [4.78, 5) is 29.2. The van der Waals surface area contributed by atoms with Gasteiger partial charge >= 0.3 is 10.1 Å². The normalized spacial score (nSPS) is 13.1. The molecule has 0 saturated heterocycles. The van der Waals surface area contributed by atoms with E-state index in [-0.39, 0.29) is 16.0 Å². The molecule has 6 nitrogen and oxygen atoms in total. The lowest BCUT2D eigenvalue weighted by molar-refractivity contribution is 0.0973. The maximum Gasteiger partial charge on any atom is 0.339 e. The van der Waals surface area contributed by atoms with Crippen molar-refractivity contribution in [2.75, 3.05) is 0 Å². The summed E-state index contributed by atoms with van der Waals surface area (Å²) in [7, 11) is -4.29. The Bertz CT molecular complexity index is 1250. The van der Waals surface area contributed by atoms with Crippen LogP contribution < -0.4 is 4.18 Å². The van der Waals surface area contributed by atoms with Gasteiger partial charge < -0.3 is 4.18 Å². The smallest absolute Gasteiger partial charge is 0.339 e. The van der Waals surface area contributed by atoms with Crippen LogP contribution in [0.25, 0.3) is 0 Å². The number of aryl methyl sites for hydroxylation is 1. The molecule has 2 aromatic carbocycles. The van der Waals surface area contributed by atoms with Crippen molar-refractivity contribution in [1.82, 2.24) is 4.98 Å². The zero-order valence-electron chi connectivity index (χ0n) is 14.5. The van der Waals surface area contributed by atoms with Gasteiger partial charge in [-0.05, 0) is 37.3 Å². The number of carbonyl (C=O) groups is 2. The van der Waals surface area contributed by atoms with Crippen LogP contribution in [-0.4, -0.2) is 25.0 Å². The summed E-state index contributed by atoms with van der Waals surface area (Å²) in [5.41, 5.74) is -0.126. The second-order valence-corrected chi connectivity index (χ2v) is 7.77. The van der Waals surface area contributed by atoms with Crippen molar-refractivity contribution in [3.8, 4) is 5.75 Å². The molecule has 1 aromatic heterocycles. The van der Waals surface area contributed by atoms with Crippen LogP contribution in [-0.2, 0) is 10.1 Å². The summed E-state index contributed by atoms with van der Waals surface area (Å²) in [5, 5.41) is 0. The zero-order valence-corrected chi connectivity index (χ0v) is 15.3. The third kappa shape index (κ3) is 2.78. The van der Waals surface area contributed by atoms with Crippen molar-refractivity contribution in [3.05, 3.63) is 88.5 Å². The Hall–Kier alpha value is -3.39. The molecule has 28 heavy (non-hydrogen) atoms. The van der Waals surface area contributed by atoms with E-state index in [1.165, 1.54) is 30.6 Å². The molecule has 4 rings (SSSR count). The van der Waals surface area contributed by atoms with Gasteiger partial charge in [0.1, 0.15) is 10.7 Å². The molecule has 0 radical (unpaired) electrons. The lowest BCUT2D eigenvalue weighted by Crippen LogP contribution is -2.24. The summed E-state index contributed by atoms with van der Waals surface area (Å²) in [6, 6.07) is 9.13. The van der Waals surface area contributed by atoms with Gasteiger partial charge in [-0.25, -0.2) is 4.39 Å². The van der Waals surface area contributed by atoms with Crippen molar-refractivity contribution >= 4 is 21.7 Å². The molecule has 8 heteroatoms. The minimum absolute atomic E-state index is 0.00989. The highest BCUT2D eigenvalue weighted by molar-refractivity contribution is 7.87. The largest absolute Gasteiger partial charge is 0.378 e. The van der Waals surface area contributed by atoms with Crippen LogP contribution in [0.2, 0.25) is 0 Å². The Labute approximate surface area is 159 Å². The van der Waals surface area contributed by atoms with Crippen molar-refractivity contribution < 1.29 is 26.6 Å². The van der Waals surface area contributed by atoms with Gasteiger partial charge in [0.2, 0.25) is 0 Å². The first-order chi connectivity index (χ1) is 13.3. The maximum absolute atomic E-state index is 14.4. The number of benzene rings is 2. The molecular weight excluding hydrogens is 385 g/mol. The number of hydrogen-bond acceptors (Lipinski definition) is 6. The number of fused-ring (bicyclic) bond motifs is 2. The lowest BCUT2D eigenvalue weighted by Gasteiger charge is -2.20. The van der Waals surface area contributed by atoms with E-state index in [4.69, 9.17) is 4.18 Å². The molecule has 1 aliphatic carbocycles. The number of nitrogens with zero attached hydrogens (tertiary/aromatic N) is 1. The van der Waals surface area contributed by atoms with Gasteiger partial charge in [0.05, 0.1) is 16.7 Å². The van der Waals surface area contributed by atoms with Crippen molar-refractivity contribution in [2.24, 2.45) is 0 Å². The van der Waals surface area contributed by atoms with Crippen LogP contribution in [0.1, 0.15) is 37.4 Å². The number of rotatable bonds is 3. The summed E-state index contributed by atoms with van der Waals surface area (Å²) in [6.07, 6.45) is 2.49. The number of hydrogen-bond donors (Lipinski definition) is 0. The Morgan fingerprint density at radius 2 is 1.57 bits per heavy atom. The fourth-order valence-corrected chi connectivity index (χ4v) is 3.93. The molecule has 0 N–H and O–H groups in total. The van der Waals surface area contributed by atoms with Crippen molar-refractivity contribution in [2.45, 2.75) is 11.8 Å². The Kier molecular flexibility index (Phi) is 4.08. The van der Waals surface area contributed by atoms with E-state index in [0.717, 1.165) is 17.7 Å². The lowest BCUT2D eigenvalue weighted by atomic mass is 9.84. The topological polar surface area (TPSA) is 90.4 Å². The molecule has 0 fully saturated rings. The molecule has 0 spiro atoms. The fraction of sp³-hybridized carbons (Fsp3) is 0.0500. The highest BCUT2D eigenvalue weighted by atomic mass is 32.2. The van der Waals surface area contributed by atoms with Gasteiger partial charge in [0.25, 0.3) is 0 Å². The fourth-order valence-electron chi connectivity index (χ4n) is 2.99. The first kappa shape index (κ1) is 18.0. The molecule has 0 aliphatic heterocycles. The van der Waals surface area contributed by atoms with Crippen molar-refractivity contribution in [1.29, 1.82) is 0 Å². The SMILES string of the molecule is Cc1ccc(S(=O)(=O)Oc2ccc(F)c3c2C(=O)c2ccncc2C3=O)cc1. The number of carbonyl (C=O) groups excluding carboxylic acids is 2. The van der Waals surface area contributed by atoms with Crippen LogP contribution in [0.15, 0.2) is 59.8 Å². The molecule has 0 unspecified atom stereocenters. The Balaban J connectivity index is 1.86. The highest BCUT2D eigenvalue weighted by Gasteiger charge is 2.36. The minimum Gasteiger partial charge on any atom is -0.378 e. The standard InChI is InChI=1S/C20H12FNO5S/c1-11-2-4-12(5-3-11)28(25,26)27-16-7-6-15(21)17-18(16)19(23)13-8-9-22-10-14(13)20(17)24/h2-10H,1H3. The number of ketones is 2. The van der Waals surface area contributed by atoms with E-state index in [1.807, 2.05) is 0 Å². The van der Waals surface area contributed by atoms with Gasteiger partial charge in [-0.1, -0.05) is 17.7 Å². The third-order valence-corrected chi connectivity index (χ3v) is 5.64. The molecule has 0 atom stereocenters. The van der Waals surface area contributed by atoms with Crippen LogP contribution in [0.3, 0.4) is 0 Å². The van der Waals surface area contributed by atoms with E-state index < -0.39 is 44.4 Å². The van der Waals surface area contributed by atoms with E-state index in [1.54, 1.807) is 19.1 Å². The van der Waals surface area contributed by atoms with Crippen LogP contribution >= 0.6 is 0 Å². The number of pyridine rings is 1. The first-order valence-corrected chi connectivity index (χ1v) is 9.57. The van der Waals surface area contributed by atoms with Crippen LogP contribution in [0.5, 0.6) is 5.75 Å². The second kappa shape index (κ2) is 6.35. The number of aromatic nitrogens is 1. The van der Waals surface area contributed by atoms with E-state index >= 15 is 0 Å². The monoisotopic (exact) mass is 397 g/mol. The third-order valence-electron chi connectivity index (χ3n) is 4.39. The van der Waals surface area contributed by atoms with Crippen molar-refractivity contribution in [3.63, 3.8) is 0 Å². The highest BCUT2D eigenvalue weighted by Crippen LogP contribution is 2.35. The molecule has 0 bridgehead atoms. The predicted octanol–water partition coefficient (Wildman–Crippen LogP) is 3.07. The van der Waals surface area contributed by atoms with Gasteiger partial charge in [-0.15, -0.1) is 0 Å². The first-order valence-electron chi connectivity index (χ1n) is 8.16. The molecule has 1 aliphatic rings. The van der Waals surface area contributed by atoms with Gasteiger partial charge in [-0.3, -0.25) is 14.6 Å². The summed E-state index contributed by atoms with van der Waals surface area (Å²) >= 11 is 0. The summed E-state index contributed by atoms with van der Waals surface area (Å²) in [6.45, 7) is 1.80. The van der Waals surface area contributed by atoms with E-state index in [2.05, 4.69) is 4.98 Å². The van der Waals surface area contributed by atoms with Gasteiger partial charge in [-0.2, -0.15) is 8.42 Å². The Morgan fingerprint density at radius 3 is 2.29 bits per heavy atom. The molecule has 1 heterocycles. The molecular formula is C20H12FNO5S. The molecule has 0 amide bonds. The molecule has 3 aromatic rings. The van der Waals surface area contributed by atoms with Crippen LogP contribution in [0, 0.1) is 12.7 Å². The summed E-state index contributed by atoms with van der Waals surface area (Å²) in [5.74, 6) is -2.81. The Morgan fingerprint density at radius 1 is 0.893 bits per heavy atom. The summed E-state index contributed by atoms with van der Waals surface area (Å²) < 4.78 is 44.7. The van der Waals surface area contributed by atoms with Crippen LogP contribution in [0.4, 0.5) is 4.39 Å². The van der Waals surface area contributed by atoms with Gasteiger partial charge in [0, 0.05) is 18.0 Å². The average Bonchev–Trinajstić information content (AvgIpc) is 2.67. The van der Waals surface area contributed by atoms with Gasteiger partial charge in [0.15, 0.2) is 17.3 Å². The molecule has 140 valence electrons. The minimum atomic E-state index is -4.29. The predicted molar refractivity (Wildman–Crippen MR) is 96.5 cm³/mol. The number of halogens is 1. The zero-order chi connectivity index (χ0) is 20.1. The quantitative estimate of drug-likeness (QED) is 0.494. The average molecular weight is 397 g/mol.